The second-order valence-electron chi connectivity index (χ2n) is 8.19. The average Bonchev–Trinajstić information content (AvgIpc) is 2.83. The summed E-state index contributed by atoms with van der Waals surface area (Å²) in [6.45, 7) is 1.68. The second kappa shape index (κ2) is 9.62. The van der Waals surface area contributed by atoms with E-state index in [2.05, 4.69) is 31.2 Å². The van der Waals surface area contributed by atoms with Crippen LogP contribution in [0.2, 0.25) is 0 Å². The van der Waals surface area contributed by atoms with E-state index in [0.717, 1.165) is 6.07 Å². The SMILES string of the molecule is CNC(=O)c1ccc(-n2c(=S)[nH]c3c(c2=O)C[C@@H](C)N(C(=O)c2ccc(Br)c(C(F)(F)F)c2)C3)nc1. The van der Waals surface area contributed by atoms with Gasteiger partial charge in [0.2, 0.25) is 0 Å². The predicted octanol–water partition coefficient (Wildman–Crippen LogP) is 4.02. The Morgan fingerprint density at radius 1 is 1.22 bits per heavy atom. The standard InChI is InChI=1S/C23H19BrF3N5O3S/c1-11-7-14-17(10-31(11)20(34)12-3-5-16(24)15(8-12)23(25,26)27)30-22(36)32(21(14)35)18-6-4-13(9-29-18)19(33)28-2/h3-6,8-9,11H,7,10H2,1-2H3,(H,28,33)(H,30,36)/t11-/m1/s1. The summed E-state index contributed by atoms with van der Waals surface area (Å²) in [5.74, 6) is -0.706. The van der Waals surface area contributed by atoms with Crippen molar-refractivity contribution in [1.82, 2.24) is 24.8 Å². The molecular formula is C23H19BrF3N5O3S. The van der Waals surface area contributed by atoms with Gasteiger partial charge in [0.15, 0.2) is 4.77 Å². The molecule has 0 aliphatic carbocycles. The third-order valence-corrected chi connectivity index (χ3v) is 6.87. The number of pyridine rings is 1. The summed E-state index contributed by atoms with van der Waals surface area (Å²) < 4.78 is 41.0. The minimum absolute atomic E-state index is 0.0314. The Morgan fingerprint density at radius 2 is 1.92 bits per heavy atom. The third-order valence-electron chi connectivity index (χ3n) is 5.89. The molecule has 0 spiro atoms. The number of aromatic amines is 1. The molecule has 2 N–H and O–H groups in total. The van der Waals surface area contributed by atoms with Crippen molar-refractivity contribution in [2.45, 2.75) is 32.1 Å². The van der Waals surface area contributed by atoms with Crippen molar-refractivity contribution in [1.29, 1.82) is 0 Å². The number of rotatable bonds is 3. The molecule has 3 aromatic rings. The molecule has 0 fully saturated rings. The van der Waals surface area contributed by atoms with Crippen molar-refractivity contribution >= 4 is 40.0 Å². The number of halogens is 4. The molecule has 188 valence electrons. The van der Waals surface area contributed by atoms with Gasteiger partial charge in [-0.25, -0.2) is 9.55 Å². The maximum atomic E-state index is 13.3. The molecule has 0 saturated heterocycles. The molecule has 2 amide bonds. The van der Waals surface area contributed by atoms with Crippen LogP contribution in [0.3, 0.4) is 0 Å². The fraction of sp³-hybridized carbons (Fsp3) is 0.261. The number of benzene rings is 1. The number of carbonyl (C=O) groups excluding carboxylic acids is 2. The van der Waals surface area contributed by atoms with Crippen molar-refractivity contribution in [3.63, 3.8) is 0 Å². The molecule has 0 radical (unpaired) electrons. The fourth-order valence-corrected chi connectivity index (χ4v) is 4.78. The monoisotopic (exact) mass is 581 g/mol. The Hall–Kier alpha value is -3.32. The van der Waals surface area contributed by atoms with Gasteiger partial charge in [0.25, 0.3) is 17.4 Å². The molecule has 0 unspecified atom stereocenters. The first-order valence-electron chi connectivity index (χ1n) is 10.7. The summed E-state index contributed by atoms with van der Waals surface area (Å²) in [4.78, 5) is 46.8. The molecule has 1 atom stereocenters. The summed E-state index contributed by atoms with van der Waals surface area (Å²) in [7, 11) is 1.49. The summed E-state index contributed by atoms with van der Waals surface area (Å²) in [6, 6.07) is 5.85. The maximum absolute atomic E-state index is 13.3. The predicted molar refractivity (Wildman–Crippen MR) is 131 cm³/mol. The van der Waals surface area contributed by atoms with Crippen LogP contribution < -0.4 is 10.9 Å². The molecule has 13 heteroatoms. The van der Waals surface area contributed by atoms with Crippen molar-refractivity contribution in [2.24, 2.45) is 0 Å². The van der Waals surface area contributed by atoms with Crippen LogP contribution in [0.15, 0.2) is 45.8 Å². The van der Waals surface area contributed by atoms with Crippen molar-refractivity contribution in [3.05, 3.63) is 84.1 Å². The van der Waals surface area contributed by atoms with Crippen LogP contribution >= 0.6 is 28.1 Å². The molecule has 0 bridgehead atoms. The zero-order valence-corrected chi connectivity index (χ0v) is 21.3. The van der Waals surface area contributed by atoms with Crippen molar-refractivity contribution in [2.75, 3.05) is 7.05 Å². The number of H-pyrrole nitrogens is 1. The van der Waals surface area contributed by atoms with Gasteiger partial charge in [-0.1, -0.05) is 15.9 Å². The van der Waals surface area contributed by atoms with Gasteiger partial charge in [0.05, 0.1) is 17.7 Å². The Kier molecular flexibility index (Phi) is 6.88. The molecule has 0 saturated carbocycles. The lowest BCUT2D eigenvalue weighted by Gasteiger charge is -2.34. The Labute approximate surface area is 216 Å². The molecule has 2 aromatic heterocycles. The summed E-state index contributed by atoms with van der Waals surface area (Å²) in [5.41, 5.74) is -0.377. The molecule has 3 heterocycles. The largest absolute Gasteiger partial charge is 0.417 e. The van der Waals surface area contributed by atoms with Gasteiger partial charge < -0.3 is 15.2 Å². The van der Waals surface area contributed by atoms with Gasteiger partial charge in [-0.3, -0.25) is 14.4 Å². The number of fused-ring (bicyclic) bond motifs is 1. The lowest BCUT2D eigenvalue weighted by atomic mass is 9.98. The normalized spacial score (nSPS) is 15.4. The van der Waals surface area contributed by atoms with E-state index in [0.29, 0.717) is 16.8 Å². The van der Waals surface area contributed by atoms with E-state index < -0.39 is 29.2 Å². The molecule has 8 nitrogen and oxygen atoms in total. The highest BCUT2D eigenvalue weighted by Crippen LogP contribution is 2.36. The third kappa shape index (κ3) is 4.72. The van der Waals surface area contributed by atoms with E-state index in [1.54, 1.807) is 6.92 Å². The van der Waals surface area contributed by atoms with E-state index in [1.165, 1.54) is 47.0 Å². The maximum Gasteiger partial charge on any atom is 0.417 e. The smallest absolute Gasteiger partial charge is 0.355 e. The molecule has 36 heavy (non-hydrogen) atoms. The first kappa shape index (κ1) is 25.8. The summed E-state index contributed by atoms with van der Waals surface area (Å²) in [6.07, 6.45) is -3.14. The molecule has 4 rings (SSSR count). The van der Waals surface area contributed by atoms with Crippen LogP contribution in [0.4, 0.5) is 13.2 Å². The van der Waals surface area contributed by atoms with Crippen LogP contribution in [0.5, 0.6) is 0 Å². The van der Waals surface area contributed by atoms with Gasteiger partial charge in [-0.15, -0.1) is 0 Å². The first-order chi connectivity index (χ1) is 16.9. The lowest BCUT2D eigenvalue weighted by Crippen LogP contribution is -2.46. The van der Waals surface area contributed by atoms with E-state index in [1.807, 2.05) is 0 Å². The van der Waals surface area contributed by atoms with E-state index in [9.17, 15) is 27.6 Å². The van der Waals surface area contributed by atoms with Crippen LogP contribution in [-0.2, 0) is 19.1 Å². The Morgan fingerprint density at radius 3 is 2.53 bits per heavy atom. The second-order valence-corrected chi connectivity index (χ2v) is 9.43. The minimum atomic E-state index is -4.63. The van der Waals surface area contributed by atoms with E-state index in [-0.39, 0.29) is 39.5 Å². The average molecular weight is 582 g/mol. The molecular weight excluding hydrogens is 563 g/mol. The highest BCUT2D eigenvalue weighted by atomic mass is 79.9. The number of nitrogens with one attached hydrogen (secondary N) is 2. The Balaban J connectivity index is 1.68. The first-order valence-corrected chi connectivity index (χ1v) is 11.9. The zero-order valence-electron chi connectivity index (χ0n) is 18.9. The molecule has 1 aliphatic rings. The number of nitrogens with zero attached hydrogens (tertiary/aromatic N) is 3. The van der Waals surface area contributed by atoms with Crippen molar-refractivity contribution < 1.29 is 22.8 Å². The van der Waals surface area contributed by atoms with Crippen LogP contribution in [0, 0.1) is 4.77 Å². The summed E-state index contributed by atoms with van der Waals surface area (Å²) in [5, 5.41) is 2.48. The van der Waals surface area contributed by atoms with Crippen LogP contribution in [0.25, 0.3) is 5.82 Å². The highest BCUT2D eigenvalue weighted by Gasteiger charge is 2.35. The van der Waals surface area contributed by atoms with Crippen molar-refractivity contribution in [3.8, 4) is 5.82 Å². The lowest BCUT2D eigenvalue weighted by molar-refractivity contribution is -0.138. The number of hydrogen-bond donors (Lipinski definition) is 2. The van der Waals surface area contributed by atoms with Gasteiger partial charge in [-0.05, 0) is 55.9 Å². The number of hydrogen-bond acceptors (Lipinski definition) is 5. The minimum Gasteiger partial charge on any atom is -0.355 e. The fourth-order valence-electron chi connectivity index (χ4n) is 4.01. The van der Waals surface area contributed by atoms with Gasteiger partial charge >= 0.3 is 6.18 Å². The summed E-state index contributed by atoms with van der Waals surface area (Å²) >= 11 is 8.25. The number of amides is 2. The molecule has 1 aliphatic heterocycles. The highest BCUT2D eigenvalue weighted by molar-refractivity contribution is 9.10. The number of alkyl halides is 3. The van der Waals surface area contributed by atoms with E-state index >= 15 is 0 Å². The number of carbonyl (C=O) groups is 2. The quantitative estimate of drug-likeness (QED) is 0.455. The van der Waals surface area contributed by atoms with Gasteiger partial charge in [0, 0.05) is 40.6 Å². The van der Waals surface area contributed by atoms with Crippen LogP contribution in [0.1, 0.15) is 44.5 Å². The number of aromatic nitrogens is 3. The van der Waals surface area contributed by atoms with Gasteiger partial charge in [0.1, 0.15) is 5.82 Å². The zero-order chi connectivity index (χ0) is 26.4. The topological polar surface area (TPSA) is 100 Å². The Bertz CT molecular complexity index is 1480. The molecule has 1 aromatic carbocycles. The van der Waals surface area contributed by atoms with E-state index in [4.69, 9.17) is 12.2 Å². The van der Waals surface area contributed by atoms with Crippen LogP contribution in [-0.4, -0.2) is 44.3 Å². The van der Waals surface area contributed by atoms with Gasteiger partial charge in [-0.2, -0.15) is 13.2 Å².